The molecule has 0 amide bonds. The molecule has 0 fully saturated rings. The lowest BCUT2D eigenvalue weighted by molar-refractivity contribution is 0.282. The molecule has 3 rings (SSSR count). The first-order valence-corrected chi connectivity index (χ1v) is 14.0. The molecule has 0 saturated heterocycles. The Morgan fingerprint density at radius 2 is 0.974 bits per heavy atom. The van der Waals surface area contributed by atoms with Crippen molar-refractivity contribution >= 4 is 11.6 Å². The van der Waals surface area contributed by atoms with Crippen molar-refractivity contribution in [3.63, 3.8) is 0 Å². The highest BCUT2D eigenvalue weighted by Gasteiger charge is 2.23. The summed E-state index contributed by atoms with van der Waals surface area (Å²) in [6.45, 7) is 27.5. The molecule has 0 radical (unpaired) electrons. The highest BCUT2D eigenvalue weighted by atomic mass is 16.3. The van der Waals surface area contributed by atoms with Crippen LogP contribution in [0, 0.1) is 0 Å². The van der Waals surface area contributed by atoms with Crippen LogP contribution in [0.25, 0.3) is 11.6 Å². The fourth-order valence-corrected chi connectivity index (χ4v) is 4.59. The Labute approximate surface area is 233 Å². The molecule has 0 bridgehead atoms. The van der Waals surface area contributed by atoms with E-state index in [1.807, 2.05) is 6.07 Å². The minimum Gasteiger partial charge on any atom is -0.392 e. The molecule has 1 N–H and O–H groups in total. The van der Waals surface area contributed by atoms with E-state index in [1.54, 1.807) is 0 Å². The van der Waals surface area contributed by atoms with Crippen LogP contribution in [0.4, 0.5) is 0 Å². The van der Waals surface area contributed by atoms with Crippen LogP contribution in [0.3, 0.4) is 0 Å². The predicted molar refractivity (Wildman–Crippen MR) is 167 cm³/mol. The fourth-order valence-electron chi connectivity index (χ4n) is 4.59. The minimum atomic E-state index is 0.0274. The Morgan fingerprint density at radius 3 is 1.37 bits per heavy atom. The third kappa shape index (κ3) is 7.26. The predicted octanol–water partition coefficient (Wildman–Crippen LogP) is 9.96. The summed E-state index contributed by atoms with van der Waals surface area (Å²) in [6, 6.07) is 22.5. The topological polar surface area (TPSA) is 20.2 Å². The lowest BCUT2D eigenvalue weighted by atomic mass is 9.77. The normalized spacial score (nSPS) is 13.7. The summed E-state index contributed by atoms with van der Waals surface area (Å²) >= 11 is 0. The van der Waals surface area contributed by atoms with Crippen molar-refractivity contribution in [2.45, 2.75) is 111 Å². The summed E-state index contributed by atoms with van der Waals surface area (Å²) < 4.78 is 0. The second-order valence-electron chi connectivity index (χ2n) is 15.1. The van der Waals surface area contributed by atoms with E-state index >= 15 is 0 Å². The maximum atomic E-state index is 9.94. The lowest BCUT2D eigenvalue weighted by Gasteiger charge is -2.27. The average molecular weight is 511 g/mol. The van der Waals surface area contributed by atoms with Gasteiger partial charge in [-0.25, -0.2) is 0 Å². The van der Waals surface area contributed by atoms with Crippen molar-refractivity contribution in [1.29, 1.82) is 0 Å². The first-order valence-electron chi connectivity index (χ1n) is 14.0. The Hall–Kier alpha value is -2.64. The van der Waals surface area contributed by atoms with E-state index in [-0.39, 0.29) is 28.3 Å². The van der Waals surface area contributed by atoms with Crippen molar-refractivity contribution in [3.8, 4) is 0 Å². The van der Waals surface area contributed by atoms with Crippen molar-refractivity contribution in [2.24, 2.45) is 0 Å². The second-order valence-corrected chi connectivity index (χ2v) is 15.1. The number of benzene rings is 3. The molecule has 0 heterocycles. The van der Waals surface area contributed by atoms with E-state index in [2.05, 4.69) is 144 Å². The van der Waals surface area contributed by atoms with Crippen molar-refractivity contribution in [2.75, 3.05) is 0 Å². The monoisotopic (exact) mass is 510 g/mol. The molecule has 1 heteroatoms. The van der Waals surface area contributed by atoms with Gasteiger partial charge in [0.05, 0.1) is 6.61 Å². The second kappa shape index (κ2) is 10.5. The number of hydrogen-bond acceptors (Lipinski definition) is 1. The first kappa shape index (κ1) is 29.9. The van der Waals surface area contributed by atoms with Gasteiger partial charge in [-0.05, 0) is 83.9 Å². The molecule has 1 nitrogen and oxygen atoms in total. The van der Waals surface area contributed by atoms with Gasteiger partial charge in [0, 0.05) is 0 Å². The number of aliphatic hydroxyl groups is 1. The van der Waals surface area contributed by atoms with Gasteiger partial charge in [-0.15, -0.1) is 0 Å². The standard InChI is InChI=1S/C37H50O/c1-34(2,3)29-17-26(18-30(22-29)35(4,5)6)19-33(27-15-13-14-25(16-27)24-38)28-20-31(36(7,8)9)23-32(21-28)37(10,11)12/h13-23,38H,24H2,1-12H3. The molecule has 0 aliphatic heterocycles. The van der Waals surface area contributed by atoms with E-state index in [1.165, 1.54) is 39.0 Å². The van der Waals surface area contributed by atoms with Crippen LogP contribution in [-0.2, 0) is 28.3 Å². The highest BCUT2D eigenvalue weighted by Crippen LogP contribution is 2.37. The number of aliphatic hydroxyl groups excluding tert-OH is 1. The molecular formula is C37H50O. The van der Waals surface area contributed by atoms with Crippen molar-refractivity contribution < 1.29 is 5.11 Å². The van der Waals surface area contributed by atoms with Crippen molar-refractivity contribution in [3.05, 3.63) is 105 Å². The molecule has 204 valence electrons. The van der Waals surface area contributed by atoms with Crippen LogP contribution in [0.2, 0.25) is 0 Å². The van der Waals surface area contributed by atoms with Crippen LogP contribution >= 0.6 is 0 Å². The minimum absolute atomic E-state index is 0.0274. The SMILES string of the molecule is CC(C)(C)c1cc(C=C(c2cccc(CO)c2)c2cc(C(C)(C)C)cc(C(C)(C)C)c2)cc(C(C)(C)C)c1. The van der Waals surface area contributed by atoms with Gasteiger partial charge in [0.1, 0.15) is 0 Å². The molecule has 38 heavy (non-hydrogen) atoms. The molecule has 0 atom stereocenters. The van der Waals surface area contributed by atoms with Gasteiger partial charge in [-0.2, -0.15) is 0 Å². The molecule has 3 aromatic carbocycles. The summed E-state index contributed by atoms with van der Waals surface area (Å²) in [6.07, 6.45) is 2.36. The Kier molecular flexibility index (Phi) is 8.26. The van der Waals surface area contributed by atoms with Gasteiger partial charge in [0.25, 0.3) is 0 Å². The van der Waals surface area contributed by atoms with Crippen LogP contribution in [0.15, 0.2) is 60.7 Å². The first-order chi connectivity index (χ1) is 17.3. The third-order valence-corrected chi connectivity index (χ3v) is 7.40. The van der Waals surface area contributed by atoms with E-state index in [9.17, 15) is 5.11 Å². The summed E-state index contributed by atoms with van der Waals surface area (Å²) in [5.74, 6) is 0. The smallest absolute Gasteiger partial charge is 0.0682 e. The van der Waals surface area contributed by atoms with E-state index in [0.717, 1.165) is 11.1 Å². The van der Waals surface area contributed by atoms with E-state index in [4.69, 9.17) is 0 Å². The summed E-state index contributed by atoms with van der Waals surface area (Å²) in [4.78, 5) is 0. The zero-order valence-electron chi connectivity index (χ0n) is 26.0. The lowest BCUT2D eigenvalue weighted by Crippen LogP contribution is -2.17. The number of hydrogen-bond donors (Lipinski definition) is 1. The van der Waals surface area contributed by atoms with Crippen LogP contribution in [0.5, 0.6) is 0 Å². The van der Waals surface area contributed by atoms with Gasteiger partial charge in [-0.3, -0.25) is 0 Å². The zero-order valence-corrected chi connectivity index (χ0v) is 26.0. The quantitative estimate of drug-likeness (QED) is 0.346. The molecule has 0 aliphatic rings. The van der Waals surface area contributed by atoms with Gasteiger partial charge in [-0.1, -0.05) is 138 Å². The van der Waals surface area contributed by atoms with Gasteiger partial charge in [0.2, 0.25) is 0 Å². The molecule has 0 spiro atoms. The van der Waals surface area contributed by atoms with Crippen LogP contribution in [0.1, 0.15) is 128 Å². The Balaban J connectivity index is 2.42. The Morgan fingerprint density at radius 1 is 0.553 bits per heavy atom. The van der Waals surface area contributed by atoms with Crippen LogP contribution < -0.4 is 0 Å². The van der Waals surface area contributed by atoms with Gasteiger partial charge >= 0.3 is 0 Å². The van der Waals surface area contributed by atoms with Crippen molar-refractivity contribution in [1.82, 2.24) is 0 Å². The largest absolute Gasteiger partial charge is 0.392 e. The van der Waals surface area contributed by atoms with E-state index in [0.29, 0.717) is 0 Å². The molecule has 0 unspecified atom stereocenters. The Bertz CT molecular complexity index is 1240. The highest BCUT2D eigenvalue weighted by molar-refractivity contribution is 5.92. The average Bonchev–Trinajstić information content (AvgIpc) is 2.80. The molecule has 0 aliphatic carbocycles. The maximum absolute atomic E-state index is 9.94. The van der Waals surface area contributed by atoms with E-state index < -0.39 is 0 Å². The summed E-state index contributed by atoms with van der Waals surface area (Å²) in [5.41, 5.74) is 11.2. The zero-order chi connectivity index (χ0) is 28.7. The van der Waals surface area contributed by atoms with Crippen LogP contribution in [-0.4, -0.2) is 5.11 Å². The maximum Gasteiger partial charge on any atom is 0.0682 e. The summed E-state index contributed by atoms with van der Waals surface area (Å²) in [7, 11) is 0. The number of rotatable bonds is 4. The summed E-state index contributed by atoms with van der Waals surface area (Å²) in [5, 5.41) is 9.94. The molecule has 0 aromatic heterocycles. The molecule has 0 saturated carbocycles. The fraction of sp³-hybridized carbons (Fsp3) is 0.459. The molecular weight excluding hydrogens is 460 g/mol. The van der Waals surface area contributed by atoms with Gasteiger partial charge in [0.15, 0.2) is 0 Å². The molecule has 3 aromatic rings. The van der Waals surface area contributed by atoms with Gasteiger partial charge < -0.3 is 5.11 Å². The third-order valence-electron chi connectivity index (χ3n) is 7.40.